The molecule has 136 valence electrons. The first-order valence-corrected chi connectivity index (χ1v) is 10.9. The van der Waals surface area contributed by atoms with Gasteiger partial charge in [0.1, 0.15) is 6.54 Å². The topological polar surface area (TPSA) is 57.7 Å². The van der Waals surface area contributed by atoms with Crippen molar-refractivity contribution in [3.63, 3.8) is 0 Å². The zero-order valence-corrected chi connectivity index (χ0v) is 16.6. The van der Waals surface area contributed by atoms with Crippen LogP contribution in [0.4, 0.5) is 5.69 Å². The van der Waals surface area contributed by atoms with Gasteiger partial charge in [-0.15, -0.1) is 0 Å². The Kier molecular flexibility index (Phi) is 4.52. The Morgan fingerprint density at radius 1 is 1.00 bits per heavy atom. The van der Waals surface area contributed by atoms with Gasteiger partial charge in [0.2, 0.25) is 5.91 Å². The minimum Gasteiger partial charge on any atom is -0.341 e. The maximum atomic E-state index is 13.2. The summed E-state index contributed by atoms with van der Waals surface area (Å²) in [6.07, 6.45) is 3.08. The Bertz CT molecular complexity index is 968. The van der Waals surface area contributed by atoms with Crippen LogP contribution in [-0.4, -0.2) is 38.9 Å². The second-order valence-electron chi connectivity index (χ2n) is 6.61. The molecule has 0 atom stereocenters. The lowest BCUT2D eigenvalue weighted by Crippen LogP contribution is -2.45. The summed E-state index contributed by atoms with van der Waals surface area (Å²) in [5.41, 5.74) is 2.04. The summed E-state index contributed by atoms with van der Waals surface area (Å²) in [4.78, 5) is 14.8. The number of nitrogens with zero attached hydrogens (tertiary/aromatic N) is 2. The Morgan fingerprint density at radius 2 is 1.73 bits per heavy atom. The molecule has 1 amide bonds. The van der Waals surface area contributed by atoms with Crippen LogP contribution in [0.15, 0.2) is 51.8 Å². The molecule has 2 aliphatic heterocycles. The van der Waals surface area contributed by atoms with Crippen LogP contribution in [0.3, 0.4) is 0 Å². The monoisotopic (exact) mass is 434 g/mol. The second-order valence-corrected chi connectivity index (χ2v) is 9.36. The number of carbonyl (C=O) groups excluding carboxylic acids is 1. The van der Waals surface area contributed by atoms with Gasteiger partial charge in [-0.05, 0) is 43.5 Å². The molecule has 2 aromatic rings. The van der Waals surface area contributed by atoms with Crippen LogP contribution in [0.25, 0.3) is 11.1 Å². The van der Waals surface area contributed by atoms with Crippen molar-refractivity contribution in [1.29, 1.82) is 0 Å². The first-order valence-electron chi connectivity index (χ1n) is 8.68. The van der Waals surface area contributed by atoms with Crippen molar-refractivity contribution in [1.82, 2.24) is 4.90 Å². The lowest BCUT2D eigenvalue weighted by atomic mass is 10.0. The summed E-state index contributed by atoms with van der Waals surface area (Å²) < 4.78 is 28.6. The number of fused-ring (bicyclic) bond motifs is 3. The number of halogens is 1. The van der Waals surface area contributed by atoms with E-state index in [1.54, 1.807) is 29.2 Å². The van der Waals surface area contributed by atoms with Crippen molar-refractivity contribution in [2.45, 2.75) is 24.2 Å². The van der Waals surface area contributed by atoms with Crippen LogP contribution in [0, 0.1) is 0 Å². The van der Waals surface area contributed by atoms with Crippen molar-refractivity contribution in [3.05, 3.63) is 46.9 Å². The molecule has 2 heterocycles. The van der Waals surface area contributed by atoms with E-state index in [2.05, 4.69) is 15.9 Å². The molecule has 0 bridgehead atoms. The lowest BCUT2D eigenvalue weighted by Gasteiger charge is -2.34. The van der Waals surface area contributed by atoms with Gasteiger partial charge in [0.25, 0.3) is 10.0 Å². The van der Waals surface area contributed by atoms with E-state index in [-0.39, 0.29) is 17.3 Å². The molecule has 0 aliphatic carbocycles. The van der Waals surface area contributed by atoms with Crippen LogP contribution in [0.2, 0.25) is 0 Å². The standard InChI is InChI=1S/C19H19BrN2O3S/c20-14-8-9-17-16(12-14)15-6-2-3-7-18(15)26(24,25)22(17)13-19(23)21-10-4-1-5-11-21/h2-3,6-9,12H,1,4-5,10-11,13H2. The molecule has 7 heteroatoms. The summed E-state index contributed by atoms with van der Waals surface area (Å²) in [7, 11) is -3.77. The van der Waals surface area contributed by atoms with E-state index in [0.717, 1.165) is 29.3 Å². The van der Waals surface area contributed by atoms with Gasteiger partial charge < -0.3 is 4.90 Å². The van der Waals surface area contributed by atoms with E-state index in [1.807, 2.05) is 18.2 Å². The summed E-state index contributed by atoms with van der Waals surface area (Å²) in [5, 5.41) is 0. The van der Waals surface area contributed by atoms with Crippen molar-refractivity contribution in [2.24, 2.45) is 0 Å². The number of sulfonamides is 1. The number of benzene rings is 2. The summed E-state index contributed by atoms with van der Waals surface area (Å²) in [6, 6.07) is 12.4. The maximum Gasteiger partial charge on any atom is 0.265 e. The zero-order chi connectivity index (χ0) is 18.3. The number of hydrogen-bond donors (Lipinski definition) is 0. The molecule has 0 radical (unpaired) electrons. The van der Waals surface area contributed by atoms with Gasteiger partial charge in [-0.1, -0.05) is 34.1 Å². The molecule has 4 rings (SSSR count). The Labute approximate surface area is 161 Å². The molecular formula is C19H19BrN2O3S. The molecule has 2 aliphatic rings. The number of amides is 1. The van der Waals surface area contributed by atoms with Crippen LogP contribution in [0.1, 0.15) is 19.3 Å². The molecule has 0 N–H and O–H groups in total. The lowest BCUT2D eigenvalue weighted by molar-refractivity contribution is -0.130. The third kappa shape index (κ3) is 2.93. The number of likely N-dealkylation sites (tertiary alicyclic amines) is 1. The highest BCUT2D eigenvalue weighted by Gasteiger charge is 2.36. The number of rotatable bonds is 2. The van der Waals surface area contributed by atoms with E-state index in [0.29, 0.717) is 24.3 Å². The molecule has 1 fully saturated rings. The Morgan fingerprint density at radius 3 is 2.50 bits per heavy atom. The van der Waals surface area contributed by atoms with Crippen molar-refractivity contribution >= 4 is 37.5 Å². The molecule has 5 nitrogen and oxygen atoms in total. The van der Waals surface area contributed by atoms with Crippen LogP contribution in [-0.2, 0) is 14.8 Å². The van der Waals surface area contributed by atoms with Gasteiger partial charge >= 0.3 is 0 Å². The highest BCUT2D eigenvalue weighted by atomic mass is 79.9. The summed E-state index contributed by atoms with van der Waals surface area (Å²) in [6.45, 7) is 1.25. The Balaban J connectivity index is 1.78. The third-order valence-electron chi connectivity index (χ3n) is 4.96. The van der Waals surface area contributed by atoms with Gasteiger partial charge in [0.05, 0.1) is 10.6 Å². The van der Waals surface area contributed by atoms with E-state index >= 15 is 0 Å². The van der Waals surface area contributed by atoms with Crippen LogP contribution in [0.5, 0.6) is 0 Å². The number of piperidine rings is 1. The molecular weight excluding hydrogens is 416 g/mol. The minimum absolute atomic E-state index is 0.137. The normalized spacial score (nSPS) is 18.2. The molecule has 1 saturated heterocycles. The average molecular weight is 435 g/mol. The third-order valence-corrected chi connectivity index (χ3v) is 7.27. The maximum absolute atomic E-state index is 13.2. The highest BCUT2D eigenvalue weighted by Crippen LogP contribution is 2.43. The minimum atomic E-state index is -3.77. The number of hydrogen-bond acceptors (Lipinski definition) is 3. The Hall–Kier alpha value is -1.86. The molecule has 0 spiro atoms. The average Bonchev–Trinajstić information content (AvgIpc) is 2.66. The van der Waals surface area contributed by atoms with Gasteiger partial charge in [-0.25, -0.2) is 8.42 Å². The van der Waals surface area contributed by atoms with E-state index < -0.39 is 10.0 Å². The van der Waals surface area contributed by atoms with Crippen molar-refractivity contribution < 1.29 is 13.2 Å². The van der Waals surface area contributed by atoms with Crippen molar-refractivity contribution in [2.75, 3.05) is 23.9 Å². The van der Waals surface area contributed by atoms with Crippen molar-refractivity contribution in [3.8, 4) is 11.1 Å². The first kappa shape index (κ1) is 17.5. The van der Waals surface area contributed by atoms with Crippen LogP contribution >= 0.6 is 15.9 Å². The second kappa shape index (κ2) is 6.70. The fraction of sp³-hybridized carbons (Fsp3) is 0.316. The van der Waals surface area contributed by atoms with E-state index in [9.17, 15) is 13.2 Å². The zero-order valence-electron chi connectivity index (χ0n) is 14.2. The smallest absolute Gasteiger partial charge is 0.265 e. The predicted octanol–water partition coefficient (Wildman–Crippen LogP) is 3.64. The predicted molar refractivity (Wildman–Crippen MR) is 105 cm³/mol. The van der Waals surface area contributed by atoms with Gasteiger partial charge in [0.15, 0.2) is 0 Å². The van der Waals surface area contributed by atoms with E-state index in [1.165, 1.54) is 4.31 Å². The van der Waals surface area contributed by atoms with Crippen LogP contribution < -0.4 is 4.31 Å². The molecule has 0 aromatic heterocycles. The fourth-order valence-corrected chi connectivity index (χ4v) is 5.64. The fourth-order valence-electron chi connectivity index (χ4n) is 3.64. The van der Waals surface area contributed by atoms with E-state index in [4.69, 9.17) is 0 Å². The SMILES string of the molecule is O=C(CN1c2ccc(Br)cc2-c2ccccc2S1(=O)=O)N1CCCCC1. The molecule has 0 saturated carbocycles. The highest BCUT2D eigenvalue weighted by molar-refractivity contribution is 9.10. The molecule has 26 heavy (non-hydrogen) atoms. The first-order chi connectivity index (χ1) is 12.5. The molecule has 2 aromatic carbocycles. The largest absolute Gasteiger partial charge is 0.341 e. The molecule has 0 unspecified atom stereocenters. The van der Waals surface area contributed by atoms with Gasteiger partial charge in [-0.3, -0.25) is 9.10 Å². The summed E-state index contributed by atoms with van der Waals surface area (Å²) >= 11 is 3.46. The van der Waals surface area contributed by atoms with Gasteiger partial charge in [-0.2, -0.15) is 0 Å². The summed E-state index contributed by atoms with van der Waals surface area (Å²) in [5.74, 6) is -0.137. The number of anilines is 1. The van der Waals surface area contributed by atoms with Gasteiger partial charge in [0, 0.05) is 28.7 Å². The number of carbonyl (C=O) groups is 1. The quantitative estimate of drug-likeness (QED) is 0.724.